The van der Waals surface area contributed by atoms with Crippen molar-refractivity contribution in [3.8, 4) is 5.69 Å². The van der Waals surface area contributed by atoms with Gasteiger partial charge in [-0.15, -0.1) is 0 Å². The van der Waals surface area contributed by atoms with Crippen molar-refractivity contribution < 1.29 is 14.7 Å². The highest BCUT2D eigenvalue weighted by molar-refractivity contribution is 5.77. The topological polar surface area (TPSA) is 87.5 Å². The van der Waals surface area contributed by atoms with Gasteiger partial charge in [0.05, 0.1) is 17.0 Å². The number of nitrogens with one attached hydrogen (secondary N) is 1. The summed E-state index contributed by atoms with van der Waals surface area (Å²) < 4.78 is 2.03. The summed E-state index contributed by atoms with van der Waals surface area (Å²) in [7, 11) is 0. The highest BCUT2D eigenvalue weighted by Crippen LogP contribution is 2.19. The van der Waals surface area contributed by atoms with Crippen LogP contribution in [0.3, 0.4) is 0 Å². The van der Waals surface area contributed by atoms with Crippen molar-refractivity contribution in [2.75, 3.05) is 13.1 Å². The van der Waals surface area contributed by atoms with E-state index in [0.29, 0.717) is 19.5 Å². The Balaban J connectivity index is 1.38. The summed E-state index contributed by atoms with van der Waals surface area (Å²) >= 11 is 0. The van der Waals surface area contributed by atoms with Crippen molar-refractivity contribution in [1.29, 1.82) is 0 Å². The van der Waals surface area contributed by atoms with Gasteiger partial charge < -0.3 is 15.3 Å². The Morgan fingerprint density at radius 2 is 1.93 bits per heavy atom. The lowest BCUT2D eigenvalue weighted by Gasteiger charge is -2.30. The highest BCUT2D eigenvalue weighted by atomic mass is 16.4. The average Bonchev–Trinajstić information content (AvgIpc) is 3.16. The Bertz CT molecular complexity index is 996. The molecule has 1 aromatic heterocycles. The van der Waals surface area contributed by atoms with Crippen LogP contribution < -0.4 is 5.32 Å². The van der Waals surface area contributed by atoms with Gasteiger partial charge in [-0.3, -0.25) is 9.36 Å². The number of carbonyl (C=O) groups excluding carboxylic acids is 1. The summed E-state index contributed by atoms with van der Waals surface area (Å²) in [6.07, 6.45) is 3.15. The number of piperidine rings is 1. The molecule has 0 unspecified atom stereocenters. The number of fused-ring (bicyclic) bond motifs is 1. The maximum atomic E-state index is 12.3. The van der Waals surface area contributed by atoms with Crippen LogP contribution >= 0.6 is 0 Å². The third-order valence-corrected chi connectivity index (χ3v) is 5.17. The first-order valence-electron chi connectivity index (χ1n) is 9.39. The molecule has 0 radical (unpaired) electrons. The van der Waals surface area contributed by atoms with Crippen LogP contribution in [0.25, 0.3) is 16.7 Å². The number of aliphatic carboxylic acids is 1. The number of carboxylic acid groups (broad SMARTS) is 1. The van der Waals surface area contributed by atoms with Gasteiger partial charge in [-0.05, 0) is 42.7 Å². The fourth-order valence-corrected chi connectivity index (χ4v) is 3.59. The number of hydrogen-bond acceptors (Lipinski definition) is 3. The minimum absolute atomic E-state index is 0.212. The average molecular weight is 378 g/mol. The number of imidazole rings is 1. The van der Waals surface area contributed by atoms with Crippen LogP contribution in [0.1, 0.15) is 18.4 Å². The molecule has 7 heteroatoms. The first-order chi connectivity index (χ1) is 13.6. The van der Waals surface area contributed by atoms with Gasteiger partial charge >= 0.3 is 12.0 Å². The third-order valence-electron chi connectivity index (χ3n) is 5.17. The van der Waals surface area contributed by atoms with Crippen molar-refractivity contribution in [3.63, 3.8) is 0 Å². The number of rotatable bonds is 4. The van der Waals surface area contributed by atoms with E-state index >= 15 is 0 Å². The van der Waals surface area contributed by atoms with E-state index in [0.717, 1.165) is 28.7 Å². The standard InChI is InChI=1S/C21H22N4O3/c26-20(27)16-4-3-11-24(13-16)21(28)22-12-15-7-9-17(10-8-15)25-14-23-18-5-1-2-6-19(18)25/h1-2,5-10,14,16H,3-4,11-13H2,(H,22,28)(H,26,27)/t16-/m1/s1. The van der Waals surface area contributed by atoms with E-state index in [1.807, 2.05) is 53.1 Å². The van der Waals surface area contributed by atoms with Gasteiger partial charge in [0.25, 0.3) is 0 Å². The Labute approximate surface area is 162 Å². The molecule has 1 aliphatic heterocycles. The number of likely N-dealkylation sites (tertiary alicyclic amines) is 1. The number of carboxylic acids is 1. The van der Waals surface area contributed by atoms with Gasteiger partial charge in [-0.2, -0.15) is 0 Å². The van der Waals surface area contributed by atoms with Crippen molar-refractivity contribution in [2.24, 2.45) is 5.92 Å². The summed E-state index contributed by atoms with van der Waals surface area (Å²) in [6, 6.07) is 15.7. The zero-order valence-electron chi connectivity index (χ0n) is 15.4. The molecule has 28 heavy (non-hydrogen) atoms. The smallest absolute Gasteiger partial charge is 0.317 e. The molecule has 1 saturated heterocycles. The lowest BCUT2D eigenvalue weighted by Crippen LogP contribution is -2.46. The van der Waals surface area contributed by atoms with E-state index in [1.165, 1.54) is 0 Å². The molecule has 7 nitrogen and oxygen atoms in total. The zero-order valence-corrected chi connectivity index (χ0v) is 15.4. The number of para-hydroxylation sites is 2. The predicted octanol–water partition coefficient (Wildman–Crippen LogP) is 3.03. The SMILES string of the molecule is O=C(O)[C@@H]1CCCN(C(=O)NCc2ccc(-n3cnc4ccccc43)cc2)C1. The van der Waals surface area contributed by atoms with Gasteiger partial charge in [-0.25, -0.2) is 9.78 Å². The minimum Gasteiger partial charge on any atom is -0.481 e. The normalized spacial score (nSPS) is 16.9. The molecule has 1 atom stereocenters. The third kappa shape index (κ3) is 3.69. The summed E-state index contributed by atoms with van der Waals surface area (Å²) in [5.74, 6) is -1.30. The predicted molar refractivity (Wildman–Crippen MR) is 105 cm³/mol. The maximum absolute atomic E-state index is 12.3. The van der Waals surface area contributed by atoms with Crippen LogP contribution in [-0.2, 0) is 11.3 Å². The Morgan fingerprint density at radius 1 is 1.14 bits per heavy atom. The lowest BCUT2D eigenvalue weighted by molar-refractivity contribution is -0.143. The molecule has 0 saturated carbocycles. The van der Waals surface area contributed by atoms with E-state index in [-0.39, 0.29) is 12.6 Å². The van der Waals surface area contributed by atoms with Crippen molar-refractivity contribution in [2.45, 2.75) is 19.4 Å². The fourth-order valence-electron chi connectivity index (χ4n) is 3.59. The van der Waals surface area contributed by atoms with Gasteiger partial charge in [0.15, 0.2) is 0 Å². The van der Waals surface area contributed by atoms with E-state index in [1.54, 1.807) is 11.2 Å². The van der Waals surface area contributed by atoms with Gasteiger partial charge in [0.2, 0.25) is 0 Å². The molecule has 144 valence electrons. The van der Waals surface area contributed by atoms with Crippen LogP contribution in [0, 0.1) is 5.92 Å². The largest absolute Gasteiger partial charge is 0.481 e. The Hall–Kier alpha value is -3.35. The Morgan fingerprint density at radius 3 is 2.71 bits per heavy atom. The van der Waals surface area contributed by atoms with E-state index in [4.69, 9.17) is 5.11 Å². The lowest BCUT2D eigenvalue weighted by atomic mass is 9.99. The number of benzene rings is 2. The zero-order chi connectivity index (χ0) is 19.5. The monoisotopic (exact) mass is 378 g/mol. The summed E-state index contributed by atoms with van der Waals surface area (Å²) in [6.45, 7) is 1.27. The van der Waals surface area contributed by atoms with E-state index in [2.05, 4.69) is 10.3 Å². The number of carbonyl (C=O) groups is 2. The van der Waals surface area contributed by atoms with Gasteiger partial charge in [0, 0.05) is 25.3 Å². The second kappa shape index (κ2) is 7.72. The molecule has 0 spiro atoms. The first kappa shape index (κ1) is 18.0. The molecule has 0 aliphatic carbocycles. The summed E-state index contributed by atoms with van der Waals surface area (Å²) in [4.78, 5) is 29.5. The summed E-state index contributed by atoms with van der Waals surface area (Å²) in [5.41, 5.74) is 3.97. The fraction of sp³-hybridized carbons (Fsp3) is 0.286. The van der Waals surface area contributed by atoms with Crippen LogP contribution in [0.4, 0.5) is 4.79 Å². The molecule has 2 N–H and O–H groups in total. The van der Waals surface area contributed by atoms with Gasteiger partial charge in [-0.1, -0.05) is 24.3 Å². The van der Waals surface area contributed by atoms with Crippen LogP contribution in [0.2, 0.25) is 0 Å². The Kier molecular flexibility index (Phi) is 4.97. The number of amides is 2. The molecule has 0 bridgehead atoms. The van der Waals surface area contributed by atoms with Crippen LogP contribution in [0.5, 0.6) is 0 Å². The van der Waals surface area contributed by atoms with Crippen molar-refractivity contribution >= 4 is 23.0 Å². The number of nitrogens with zero attached hydrogens (tertiary/aromatic N) is 3. The molecular formula is C21H22N4O3. The van der Waals surface area contributed by atoms with E-state index < -0.39 is 11.9 Å². The second-order valence-electron chi connectivity index (χ2n) is 7.05. The molecule has 1 fully saturated rings. The minimum atomic E-state index is -0.833. The quantitative estimate of drug-likeness (QED) is 0.730. The molecule has 2 amide bonds. The van der Waals surface area contributed by atoms with Crippen LogP contribution in [-0.4, -0.2) is 44.6 Å². The first-order valence-corrected chi connectivity index (χ1v) is 9.39. The maximum Gasteiger partial charge on any atom is 0.317 e. The van der Waals surface area contributed by atoms with Crippen LogP contribution in [0.15, 0.2) is 54.9 Å². The number of urea groups is 1. The summed E-state index contributed by atoms with van der Waals surface area (Å²) in [5, 5.41) is 12.0. The molecule has 3 aromatic rings. The highest BCUT2D eigenvalue weighted by Gasteiger charge is 2.27. The molecule has 4 rings (SSSR count). The molecule has 2 heterocycles. The molecule has 2 aromatic carbocycles. The van der Waals surface area contributed by atoms with Crippen molar-refractivity contribution in [3.05, 3.63) is 60.4 Å². The van der Waals surface area contributed by atoms with Crippen molar-refractivity contribution in [1.82, 2.24) is 19.8 Å². The number of aromatic nitrogens is 2. The molecular weight excluding hydrogens is 356 g/mol. The second-order valence-corrected chi connectivity index (χ2v) is 7.05. The molecule has 1 aliphatic rings. The number of hydrogen-bond donors (Lipinski definition) is 2. The van der Waals surface area contributed by atoms with E-state index in [9.17, 15) is 9.59 Å². The van der Waals surface area contributed by atoms with Gasteiger partial charge in [0.1, 0.15) is 6.33 Å².